The Bertz CT molecular complexity index is 440. The van der Waals surface area contributed by atoms with Gasteiger partial charge in [0.15, 0.2) is 11.5 Å². The molecule has 5 heteroatoms. The molecule has 1 aromatic rings. The minimum atomic E-state index is -2.85. The molecular formula is C15H21F2NO2. The molecule has 1 N–H and O–H groups in total. The summed E-state index contributed by atoms with van der Waals surface area (Å²) < 4.78 is 34.3. The van der Waals surface area contributed by atoms with Crippen molar-refractivity contribution in [2.75, 3.05) is 12.4 Å². The van der Waals surface area contributed by atoms with Crippen molar-refractivity contribution in [3.8, 4) is 11.5 Å². The summed E-state index contributed by atoms with van der Waals surface area (Å²) in [5.41, 5.74) is 0.792. The number of rotatable bonds is 5. The molecule has 1 aliphatic carbocycles. The summed E-state index contributed by atoms with van der Waals surface area (Å²) in [6.45, 7) is -0.635. The maximum Gasteiger partial charge on any atom is 0.387 e. The van der Waals surface area contributed by atoms with Crippen LogP contribution in [0.4, 0.5) is 14.5 Å². The summed E-state index contributed by atoms with van der Waals surface area (Å²) >= 11 is 0. The molecule has 2 rings (SSSR count). The van der Waals surface area contributed by atoms with E-state index in [4.69, 9.17) is 4.74 Å². The molecule has 0 saturated heterocycles. The Labute approximate surface area is 118 Å². The third-order valence-electron chi connectivity index (χ3n) is 3.84. The van der Waals surface area contributed by atoms with E-state index < -0.39 is 6.61 Å². The van der Waals surface area contributed by atoms with Gasteiger partial charge >= 0.3 is 6.61 Å². The summed E-state index contributed by atoms with van der Waals surface area (Å²) in [6, 6.07) is 5.44. The van der Waals surface area contributed by atoms with E-state index >= 15 is 0 Å². The van der Waals surface area contributed by atoms with Crippen LogP contribution in [0.15, 0.2) is 18.2 Å². The largest absolute Gasteiger partial charge is 0.493 e. The van der Waals surface area contributed by atoms with Crippen molar-refractivity contribution in [2.45, 2.75) is 45.3 Å². The molecule has 0 aromatic heterocycles. The molecular weight excluding hydrogens is 264 g/mol. The van der Waals surface area contributed by atoms with Gasteiger partial charge in [-0.3, -0.25) is 0 Å². The Kier molecular flexibility index (Phi) is 5.04. The van der Waals surface area contributed by atoms with Gasteiger partial charge in [-0.05, 0) is 30.9 Å². The maximum atomic E-state index is 12.4. The Hall–Kier alpha value is -1.52. The number of halogens is 2. The SMILES string of the molecule is COc1ccc(NC2CCCCC2C)cc1OC(F)F. The molecule has 1 fully saturated rings. The Morgan fingerprint density at radius 1 is 1.20 bits per heavy atom. The highest BCUT2D eigenvalue weighted by atomic mass is 19.3. The third-order valence-corrected chi connectivity index (χ3v) is 3.84. The predicted molar refractivity (Wildman–Crippen MR) is 74.7 cm³/mol. The number of nitrogens with one attached hydrogen (secondary N) is 1. The van der Waals surface area contributed by atoms with Gasteiger partial charge in [0.05, 0.1) is 7.11 Å². The fourth-order valence-corrected chi connectivity index (χ4v) is 2.70. The molecule has 20 heavy (non-hydrogen) atoms. The zero-order valence-electron chi connectivity index (χ0n) is 11.9. The second kappa shape index (κ2) is 6.77. The number of methoxy groups -OCH3 is 1. The van der Waals surface area contributed by atoms with Crippen molar-refractivity contribution in [1.29, 1.82) is 0 Å². The lowest BCUT2D eigenvalue weighted by atomic mass is 9.86. The van der Waals surface area contributed by atoms with Gasteiger partial charge in [0.25, 0.3) is 0 Å². The second-order valence-corrected chi connectivity index (χ2v) is 5.26. The molecule has 0 aliphatic heterocycles. The fourth-order valence-electron chi connectivity index (χ4n) is 2.70. The van der Waals surface area contributed by atoms with Gasteiger partial charge in [0, 0.05) is 17.8 Å². The van der Waals surface area contributed by atoms with E-state index in [1.54, 1.807) is 12.1 Å². The van der Waals surface area contributed by atoms with Crippen molar-refractivity contribution >= 4 is 5.69 Å². The van der Waals surface area contributed by atoms with Crippen LogP contribution in [0.5, 0.6) is 11.5 Å². The first-order valence-electron chi connectivity index (χ1n) is 6.99. The van der Waals surface area contributed by atoms with Gasteiger partial charge in [-0.15, -0.1) is 0 Å². The summed E-state index contributed by atoms with van der Waals surface area (Å²) in [5.74, 6) is 0.967. The van der Waals surface area contributed by atoms with Crippen molar-refractivity contribution in [2.24, 2.45) is 5.92 Å². The minimum Gasteiger partial charge on any atom is -0.493 e. The normalized spacial score (nSPS) is 22.6. The smallest absolute Gasteiger partial charge is 0.387 e. The zero-order valence-corrected chi connectivity index (χ0v) is 11.9. The molecule has 0 heterocycles. The topological polar surface area (TPSA) is 30.5 Å². The molecule has 0 spiro atoms. The van der Waals surface area contributed by atoms with Crippen LogP contribution in [0.3, 0.4) is 0 Å². The average molecular weight is 285 g/mol. The lowest BCUT2D eigenvalue weighted by Crippen LogP contribution is -2.30. The number of ether oxygens (including phenoxy) is 2. The lowest BCUT2D eigenvalue weighted by molar-refractivity contribution is -0.0511. The first kappa shape index (κ1) is 14.9. The van der Waals surface area contributed by atoms with Gasteiger partial charge in [0.1, 0.15) is 0 Å². The Morgan fingerprint density at radius 2 is 1.95 bits per heavy atom. The molecule has 0 amide bonds. The molecule has 1 aliphatic rings. The highest BCUT2D eigenvalue weighted by molar-refractivity contribution is 5.55. The van der Waals surface area contributed by atoms with E-state index in [1.807, 2.05) is 6.07 Å². The zero-order chi connectivity index (χ0) is 14.5. The van der Waals surface area contributed by atoms with Crippen molar-refractivity contribution in [3.63, 3.8) is 0 Å². The van der Waals surface area contributed by atoms with E-state index in [-0.39, 0.29) is 5.75 Å². The predicted octanol–water partition coefficient (Wildman–Crippen LogP) is 4.29. The molecule has 0 bridgehead atoms. The standard InChI is InChI=1S/C15H21F2NO2/c1-10-5-3-4-6-12(10)18-11-7-8-13(19-2)14(9-11)20-15(16)17/h7-10,12,15,18H,3-6H2,1-2H3. The summed E-state index contributed by atoms with van der Waals surface area (Å²) in [5, 5.41) is 3.42. The summed E-state index contributed by atoms with van der Waals surface area (Å²) in [7, 11) is 1.43. The van der Waals surface area contributed by atoms with E-state index in [0.717, 1.165) is 12.1 Å². The van der Waals surface area contributed by atoms with Crippen molar-refractivity contribution in [3.05, 3.63) is 18.2 Å². The van der Waals surface area contributed by atoms with Crippen molar-refractivity contribution in [1.82, 2.24) is 0 Å². The molecule has 0 radical (unpaired) electrons. The second-order valence-electron chi connectivity index (χ2n) is 5.26. The van der Waals surface area contributed by atoms with Crippen LogP contribution in [0.1, 0.15) is 32.6 Å². The van der Waals surface area contributed by atoms with Crippen LogP contribution in [0.25, 0.3) is 0 Å². The first-order chi connectivity index (χ1) is 9.60. The highest BCUT2D eigenvalue weighted by Gasteiger charge is 2.21. The average Bonchev–Trinajstić information content (AvgIpc) is 2.41. The summed E-state index contributed by atoms with van der Waals surface area (Å²) in [4.78, 5) is 0. The monoisotopic (exact) mass is 285 g/mol. The van der Waals surface area contributed by atoms with Crippen LogP contribution >= 0.6 is 0 Å². The number of anilines is 1. The number of hydrogen-bond donors (Lipinski definition) is 1. The molecule has 1 saturated carbocycles. The highest BCUT2D eigenvalue weighted by Crippen LogP contribution is 2.33. The van der Waals surface area contributed by atoms with Gasteiger partial charge in [-0.1, -0.05) is 19.8 Å². The number of alkyl halides is 2. The third kappa shape index (κ3) is 3.74. The first-order valence-corrected chi connectivity index (χ1v) is 6.99. The Morgan fingerprint density at radius 3 is 2.60 bits per heavy atom. The fraction of sp³-hybridized carbons (Fsp3) is 0.600. The van der Waals surface area contributed by atoms with Crippen LogP contribution in [0, 0.1) is 5.92 Å². The van der Waals surface area contributed by atoms with E-state index in [1.165, 1.54) is 26.4 Å². The minimum absolute atomic E-state index is 0.0657. The van der Waals surface area contributed by atoms with Crippen LogP contribution in [0.2, 0.25) is 0 Å². The van der Waals surface area contributed by atoms with Crippen LogP contribution in [-0.4, -0.2) is 19.8 Å². The molecule has 3 nitrogen and oxygen atoms in total. The molecule has 2 atom stereocenters. The Balaban J connectivity index is 2.11. The molecule has 1 aromatic carbocycles. The maximum absolute atomic E-state index is 12.4. The van der Waals surface area contributed by atoms with Gasteiger partial charge in [-0.2, -0.15) is 8.78 Å². The van der Waals surface area contributed by atoms with Crippen LogP contribution < -0.4 is 14.8 Å². The molecule has 112 valence electrons. The van der Waals surface area contributed by atoms with E-state index in [9.17, 15) is 8.78 Å². The van der Waals surface area contributed by atoms with Crippen LogP contribution in [-0.2, 0) is 0 Å². The number of hydrogen-bond acceptors (Lipinski definition) is 3. The lowest BCUT2D eigenvalue weighted by Gasteiger charge is -2.30. The quantitative estimate of drug-likeness (QED) is 0.875. The van der Waals surface area contributed by atoms with E-state index in [2.05, 4.69) is 17.0 Å². The summed E-state index contributed by atoms with van der Waals surface area (Å²) in [6.07, 6.45) is 4.78. The van der Waals surface area contributed by atoms with Crippen molar-refractivity contribution < 1.29 is 18.3 Å². The number of benzene rings is 1. The molecule has 2 unspecified atom stereocenters. The van der Waals surface area contributed by atoms with E-state index in [0.29, 0.717) is 17.7 Å². The van der Waals surface area contributed by atoms with Gasteiger partial charge in [-0.25, -0.2) is 0 Å². The van der Waals surface area contributed by atoms with Gasteiger partial charge < -0.3 is 14.8 Å². The van der Waals surface area contributed by atoms with Gasteiger partial charge in [0.2, 0.25) is 0 Å².